The first kappa shape index (κ1) is 23.7. The molecule has 4 N–H and O–H groups in total. The van der Waals surface area contributed by atoms with Crippen LogP contribution in [0, 0.1) is 10.1 Å². The highest BCUT2D eigenvalue weighted by atomic mass is 16.6. The van der Waals surface area contributed by atoms with E-state index < -0.39 is 16.9 Å². The predicted molar refractivity (Wildman–Crippen MR) is 129 cm³/mol. The molecule has 4 aromatic rings. The van der Waals surface area contributed by atoms with E-state index in [-0.39, 0.29) is 11.6 Å². The third kappa shape index (κ3) is 5.07. The van der Waals surface area contributed by atoms with Crippen molar-refractivity contribution in [3.8, 4) is 11.5 Å². The number of ether oxygens (including phenoxy) is 2. The number of nitrogens with one attached hydrogen (secondary N) is 1. The Kier molecular flexibility index (Phi) is 6.93. The molecule has 0 fully saturated rings. The molecule has 0 aliphatic carbocycles. The van der Waals surface area contributed by atoms with E-state index in [1.54, 1.807) is 37.6 Å². The quantitative estimate of drug-likeness (QED) is 0.245. The fourth-order valence-corrected chi connectivity index (χ4v) is 4.05. The number of H-pyrrole nitrogens is 1. The number of aromatic amines is 1. The summed E-state index contributed by atoms with van der Waals surface area (Å²) in [4.78, 5) is 22.7. The fraction of sp³-hybridized carbons (Fsp3) is 0.200. The number of nitro benzene ring substituents is 1. The lowest BCUT2D eigenvalue weighted by Crippen LogP contribution is -2.13. The Morgan fingerprint density at radius 2 is 1.89 bits per heavy atom. The van der Waals surface area contributed by atoms with E-state index in [2.05, 4.69) is 15.0 Å². The van der Waals surface area contributed by atoms with Crippen LogP contribution in [0.4, 0.5) is 11.6 Å². The summed E-state index contributed by atoms with van der Waals surface area (Å²) in [7, 11) is 3.09. The summed E-state index contributed by atoms with van der Waals surface area (Å²) >= 11 is 0. The lowest BCUT2D eigenvalue weighted by atomic mass is 9.86. The van der Waals surface area contributed by atoms with Crippen LogP contribution in [0.5, 0.6) is 11.5 Å². The zero-order chi connectivity index (χ0) is 24.9. The maximum absolute atomic E-state index is 11.4. The number of hydrogen-bond donors (Lipinski definition) is 3. The maximum Gasteiger partial charge on any atom is 0.269 e. The van der Waals surface area contributed by atoms with Crippen molar-refractivity contribution in [2.75, 3.05) is 20.0 Å². The number of imidazole rings is 1. The number of rotatable bonds is 9. The minimum absolute atomic E-state index is 0.0513. The van der Waals surface area contributed by atoms with Crippen molar-refractivity contribution in [1.29, 1.82) is 0 Å². The molecule has 180 valence electrons. The summed E-state index contributed by atoms with van der Waals surface area (Å²) in [6.07, 6.45) is 0.778. The number of hydrogen-bond acceptors (Lipinski definition) is 8. The molecule has 10 heteroatoms. The molecule has 2 atom stereocenters. The fourth-order valence-electron chi connectivity index (χ4n) is 4.05. The summed E-state index contributed by atoms with van der Waals surface area (Å²) in [6.45, 7) is 0. The van der Waals surface area contributed by atoms with E-state index in [1.807, 2.05) is 24.3 Å². The molecule has 0 aliphatic rings. The molecule has 10 nitrogen and oxygen atoms in total. The normalized spacial score (nSPS) is 12.7. The number of benzene rings is 2. The topological polar surface area (TPSA) is 149 Å². The number of aliphatic hydroxyl groups is 1. The standard InChI is InChI=1S/C25H25N5O5/c1-34-18-9-6-15(7-10-18)19(14-16-13-17(30(32)33)8-11-21(16)35-2)22-23(29-25(26)28-22)24(31)20-5-3-4-12-27-20/h3-13,19,24,31H,14H2,1-2H3,(H3,26,28,29). The summed E-state index contributed by atoms with van der Waals surface area (Å²) in [5.41, 5.74) is 8.77. The Balaban J connectivity index is 1.84. The third-order valence-electron chi connectivity index (χ3n) is 5.77. The number of nitrogen functional groups attached to an aromatic ring is 1. The third-order valence-corrected chi connectivity index (χ3v) is 5.77. The smallest absolute Gasteiger partial charge is 0.269 e. The monoisotopic (exact) mass is 475 g/mol. The molecule has 2 heterocycles. The van der Waals surface area contributed by atoms with Gasteiger partial charge < -0.3 is 25.3 Å². The van der Waals surface area contributed by atoms with Crippen LogP contribution in [-0.2, 0) is 6.42 Å². The van der Waals surface area contributed by atoms with Crippen LogP contribution >= 0.6 is 0 Å². The van der Waals surface area contributed by atoms with Crippen LogP contribution in [-0.4, -0.2) is 39.2 Å². The number of nitrogens with zero attached hydrogens (tertiary/aromatic N) is 3. The SMILES string of the molecule is COc1ccc(C(Cc2cc([N+](=O)[O-])ccc2OC)c2nc(N)[nH]c2C(O)c2ccccn2)cc1. The molecule has 0 radical (unpaired) electrons. The first-order valence-corrected chi connectivity index (χ1v) is 10.8. The first-order chi connectivity index (χ1) is 16.9. The van der Waals surface area contributed by atoms with Crippen LogP contribution in [0.15, 0.2) is 66.9 Å². The van der Waals surface area contributed by atoms with Crippen molar-refractivity contribution in [2.24, 2.45) is 0 Å². The Morgan fingerprint density at radius 1 is 1.11 bits per heavy atom. The molecule has 2 aromatic heterocycles. The lowest BCUT2D eigenvalue weighted by molar-refractivity contribution is -0.384. The molecule has 0 saturated heterocycles. The van der Waals surface area contributed by atoms with E-state index >= 15 is 0 Å². The molecular weight excluding hydrogens is 450 g/mol. The van der Waals surface area contributed by atoms with Crippen molar-refractivity contribution in [3.05, 3.63) is 105 Å². The lowest BCUT2D eigenvalue weighted by Gasteiger charge is -2.20. The van der Waals surface area contributed by atoms with Gasteiger partial charge in [-0.15, -0.1) is 0 Å². The number of anilines is 1. The molecule has 0 bridgehead atoms. The zero-order valence-electron chi connectivity index (χ0n) is 19.2. The minimum atomic E-state index is -1.11. The van der Waals surface area contributed by atoms with Crippen molar-refractivity contribution < 1.29 is 19.5 Å². The largest absolute Gasteiger partial charge is 0.497 e. The van der Waals surface area contributed by atoms with Gasteiger partial charge in [-0.3, -0.25) is 15.1 Å². The van der Waals surface area contributed by atoms with Gasteiger partial charge in [0.15, 0.2) is 5.95 Å². The zero-order valence-corrected chi connectivity index (χ0v) is 19.2. The molecule has 4 rings (SSSR count). The number of pyridine rings is 1. The van der Waals surface area contributed by atoms with Gasteiger partial charge in [-0.05, 0) is 42.3 Å². The van der Waals surface area contributed by atoms with Gasteiger partial charge in [-0.2, -0.15) is 0 Å². The molecule has 0 amide bonds. The Bertz CT molecular complexity index is 1310. The van der Waals surface area contributed by atoms with Crippen LogP contribution in [0.25, 0.3) is 0 Å². The predicted octanol–water partition coefficient (Wildman–Crippen LogP) is 3.77. The molecule has 0 aliphatic heterocycles. The Labute approximate surface area is 201 Å². The van der Waals surface area contributed by atoms with Crippen LogP contribution in [0.1, 0.15) is 40.2 Å². The molecular formula is C25H25N5O5. The van der Waals surface area contributed by atoms with Crippen molar-refractivity contribution in [3.63, 3.8) is 0 Å². The molecule has 35 heavy (non-hydrogen) atoms. The number of methoxy groups -OCH3 is 2. The van der Waals surface area contributed by atoms with E-state index in [0.29, 0.717) is 40.6 Å². The molecule has 0 saturated carbocycles. The van der Waals surface area contributed by atoms with Gasteiger partial charge in [0.05, 0.1) is 36.2 Å². The summed E-state index contributed by atoms with van der Waals surface area (Å²) in [6, 6.07) is 17.1. The van der Waals surface area contributed by atoms with Gasteiger partial charge in [0.25, 0.3) is 5.69 Å². The van der Waals surface area contributed by atoms with E-state index in [4.69, 9.17) is 15.2 Å². The average molecular weight is 476 g/mol. The second kappa shape index (κ2) is 10.2. The van der Waals surface area contributed by atoms with Crippen LogP contribution in [0.2, 0.25) is 0 Å². The number of nitro groups is 1. The highest BCUT2D eigenvalue weighted by Crippen LogP contribution is 2.37. The summed E-state index contributed by atoms with van der Waals surface area (Å²) in [5.74, 6) is 0.883. The van der Waals surface area contributed by atoms with Crippen molar-refractivity contribution in [2.45, 2.75) is 18.4 Å². The highest BCUT2D eigenvalue weighted by Gasteiger charge is 2.28. The number of aromatic nitrogens is 3. The van der Waals surface area contributed by atoms with Gasteiger partial charge >= 0.3 is 0 Å². The van der Waals surface area contributed by atoms with E-state index in [1.165, 1.54) is 19.2 Å². The van der Waals surface area contributed by atoms with Gasteiger partial charge in [-0.25, -0.2) is 4.98 Å². The van der Waals surface area contributed by atoms with Crippen LogP contribution < -0.4 is 15.2 Å². The van der Waals surface area contributed by atoms with E-state index in [0.717, 1.165) is 5.56 Å². The average Bonchev–Trinajstić information content (AvgIpc) is 3.28. The highest BCUT2D eigenvalue weighted by molar-refractivity contribution is 5.47. The van der Waals surface area contributed by atoms with Gasteiger partial charge in [-0.1, -0.05) is 18.2 Å². The van der Waals surface area contributed by atoms with Gasteiger partial charge in [0.2, 0.25) is 0 Å². The molecule has 2 aromatic carbocycles. The second-order valence-corrected chi connectivity index (χ2v) is 7.86. The van der Waals surface area contributed by atoms with Crippen molar-refractivity contribution >= 4 is 11.6 Å². The second-order valence-electron chi connectivity index (χ2n) is 7.86. The number of aliphatic hydroxyl groups excluding tert-OH is 1. The van der Waals surface area contributed by atoms with Crippen molar-refractivity contribution in [1.82, 2.24) is 15.0 Å². The van der Waals surface area contributed by atoms with Gasteiger partial charge in [0, 0.05) is 29.8 Å². The summed E-state index contributed by atoms with van der Waals surface area (Å²) < 4.78 is 10.8. The maximum atomic E-state index is 11.4. The van der Waals surface area contributed by atoms with Gasteiger partial charge in [0.1, 0.15) is 17.6 Å². The first-order valence-electron chi connectivity index (χ1n) is 10.8. The summed E-state index contributed by atoms with van der Waals surface area (Å²) in [5, 5.41) is 22.6. The molecule has 0 spiro atoms. The number of nitrogens with two attached hydrogens (primary N) is 1. The van der Waals surface area contributed by atoms with Crippen LogP contribution in [0.3, 0.4) is 0 Å². The Hall–Kier alpha value is -4.44. The molecule has 2 unspecified atom stereocenters. The number of non-ortho nitro benzene ring substituents is 1. The Morgan fingerprint density at radius 3 is 2.51 bits per heavy atom. The van der Waals surface area contributed by atoms with E-state index in [9.17, 15) is 15.2 Å². The minimum Gasteiger partial charge on any atom is -0.497 e.